The molecule has 0 saturated carbocycles. The third kappa shape index (κ3) is 3.76. The Morgan fingerprint density at radius 1 is 1.41 bits per heavy atom. The first-order valence-electron chi connectivity index (χ1n) is 6.50. The van der Waals surface area contributed by atoms with E-state index in [1.54, 1.807) is 32.2 Å². The normalized spacial score (nSPS) is 16.0. The summed E-state index contributed by atoms with van der Waals surface area (Å²) >= 11 is 0. The van der Waals surface area contributed by atoms with Crippen LogP contribution in [-0.4, -0.2) is 51.2 Å². The zero-order valence-electron chi connectivity index (χ0n) is 12.3. The Labute approximate surface area is 136 Å². The molecule has 1 aromatic rings. The number of likely N-dealkylation sites (N-methyl/N-ethyl adjacent to an activating group) is 1. The molecule has 1 aliphatic heterocycles. The van der Waals surface area contributed by atoms with Gasteiger partial charge in [0.05, 0.1) is 6.54 Å². The summed E-state index contributed by atoms with van der Waals surface area (Å²) in [5.41, 5.74) is 5.95. The van der Waals surface area contributed by atoms with Gasteiger partial charge in [0, 0.05) is 25.2 Å². The van der Waals surface area contributed by atoms with Crippen molar-refractivity contribution in [1.82, 2.24) is 10.2 Å². The van der Waals surface area contributed by atoms with Crippen molar-refractivity contribution < 1.29 is 13.2 Å². The van der Waals surface area contributed by atoms with Crippen LogP contribution >= 0.6 is 12.4 Å². The van der Waals surface area contributed by atoms with Gasteiger partial charge in [0.2, 0.25) is 5.91 Å². The molecule has 3 N–H and O–H groups in total. The molecule has 0 aromatic heterocycles. The molecule has 0 unspecified atom stereocenters. The van der Waals surface area contributed by atoms with Crippen LogP contribution in [0.2, 0.25) is 0 Å². The van der Waals surface area contributed by atoms with E-state index < -0.39 is 10.0 Å². The van der Waals surface area contributed by atoms with Gasteiger partial charge in [-0.25, -0.2) is 0 Å². The summed E-state index contributed by atoms with van der Waals surface area (Å²) in [6.45, 7) is 2.14. The summed E-state index contributed by atoms with van der Waals surface area (Å²) in [5, 5.41) is 2.72. The van der Waals surface area contributed by atoms with E-state index in [1.807, 2.05) is 0 Å². The maximum Gasteiger partial charge on any atom is 0.285 e. The minimum atomic E-state index is -3.67. The smallest absolute Gasteiger partial charge is 0.285 e. The second-order valence-electron chi connectivity index (χ2n) is 4.95. The molecule has 22 heavy (non-hydrogen) atoms. The Kier molecular flexibility index (Phi) is 5.92. The highest BCUT2D eigenvalue weighted by atomic mass is 35.5. The van der Waals surface area contributed by atoms with Crippen LogP contribution in [-0.2, 0) is 14.8 Å². The quantitative estimate of drug-likeness (QED) is 0.795. The van der Waals surface area contributed by atoms with Gasteiger partial charge in [-0.2, -0.15) is 8.42 Å². The van der Waals surface area contributed by atoms with Gasteiger partial charge in [-0.1, -0.05) is 12.1 Å². The van der Waals surface area contributed by atoms with Crippen molar-refractivity contribution in [2.24, 2.45) is 10.1 Å². The first-order chi connectivity index (χ1) is 9.85. The van der Waals surface area contributed by atoms with Crippen molar-refractivity contribution in [3.63, 3.8) is 0 Å². The number of benzene rings is 1. The number of rotatable bonds is 4. The topological polar surface area (TPSA) is 105 Å². The predicted molar refractivity (Wildman–Crippen MR) is 86.7 cm³/mol. The van der Waals surface area contributed by atoms with Gasteiger partial charge in [0.15, 0.2) is 5.84 Å². The van der Waals surface area contributed by atoms with Crippen LogP contribution in [0.5, 0.6) is 0 Å². The van der Waals surface area contributed by atoms with Crippen LogP contribution < -0.4 is 11.1 Å². The van der Waals surface area contributed by atoms with Crippen LogP contribution in [0.4, 0.5) is 0 Å². The molecule has 2 rings (SSSR count). The summed E-state index contributed by atoms with van der Waals surface area (Å²) in [4.78, 5) is 13.5. The van der Waals surface area contributed by atoms with Crippen molar-refractivity contribution in [1.29, 1.82) is 0 Å². The monoisotopic (exact) mass is 346 g/mol. The zero-order chi connectivity index (χ0) is 15.6. The lowest BCUT2D eigenvalue weighted by Gasteiger charge is -2.20. The van der Waals surface area contributed by atoms with E-state index in [0.717, 1.165) is 0 Å². The van der Waals surface area contributed by atoms with Crippen LogP contribution in [0.1, 0.15) is 12.5 Å². The fourth-order valence-electron chi connectivity index (χ4n) is 2.03. The third-order valence-corrected chi connectivity index (χ3v) is 4.44. The Balaban J connectivity index is 0.00000242. The molecule has 0 saturated heterocycles. The number of amides is 1. The van der Waals surface area contributed by atoms with E-state index >= 15 is 0 Å². The average Bonchev–Trinajstić information content (AvgIpc) is 2.71. The van der Waals surface area contributed by atoms with Gasteiger partial charge in [0.25, 0.3) is 10.0 Å². The maximum absolute atomic E-state index is 11.9. The van der Waals surface area contributed by atoms with Crippen molar-refractivity contribution in [2.45, 2.75) is 17.9 Å². The molecular weight excluding hydrogens is 328 g/mol. The first kappa shape index (κ1) is 18.4. The number of nitrogens with one attached hydrogen (secondary N) is 1. The number of hydrogen-bond donors (Lipinski definition) is 2. The van der Waals surface area contributed by atoms with Crippen LogP contribution in [0.3, 0.4) is 0 Å². The number of carbonyl (C=O) groups is 1. The van der Waals surface area contributed by atoms with Crippen molar-refractivity contribution >= 4 is 34.2 Å². The third-order valence-electron chi connectivity index (χ3n) is 3.12. The Hall–Kier alpha value is -1.64. The molecule has 1 heterocycles. The van der Waals surface area contributed by atoms with Gasteiger partial charge < -0.3 is 16.0 Å². The molecule has 9 heteroatoms. The van der Waals surface area contributed by atoms with E-state index in [4.69, 9.17) is 5.73 Å². The molecule has 1 aliphatic rings. The largest absolute Gasteiger partial charge is 0.351 e. The molecule has 0 aliphatic carbocycles. The molecule has 1 amide bonds. The molecule has 7 nitrogen and oxygen atoms in total. The number of amidine groups is 1. The van der Waals surface area contributed by atoms with Gasteiger partial charge in [-0.15, -0.1) is 16.8 Å². The lowest BCUT2D eigenvalue weighted by Crippen LogP contribution is -2.44. The van der Waals surface area contributed by atoms with Gasteiger partial charge in [-0.3, -0.25) is 4.79 Å². The Bertz CT molecular complexity index is 690. The van der Waals surface area contributed by atoms with Crippen LogP contribution in [0.25, 0.3) is 0 Å². The van der Waals surface area contributed by atoms with E-state index in [0.29, 0.717) is 12.1 Å². The minimum absolute atomic E-state index is 0. The lowest BCUT2D eigenvalue weighted by molar-refractivity contribution is -0.121. The van der Waals surface area contributed by atoms with E-state index in [1.165, 1.54) is 11.0 Å². The lowest BCUT2D eigenvalue weighted by atomic mass is 10.2. The highest BCUT2D eigenvalue weighted by molar-refractivity contribution is 7.90. The predicted octanol–water partition coefficient (Wildman–Crippen LogP) is -0.0475. The fraction of sp³-hybridized carbons (Fsp3) is 0.385. The van der Waals surface area contributed by atoms with Gasteiger partial charge in [-0.05, 0) is 19.1 Å². The van der Waals surface area contributed by atoms with Crippen molar-refractivity contribution in [3.05, 3.63) is 29.8 Å². The molecule has 0 radical (unpaired) electrons. The Morgan fingerprint density at radius 2 is 2.05 bits per heavy atom. The number of nitrogens with zero attached hydrogens (tertiary/aromatic N) is 2. The van der Waals surface area contributed by atoms with Crippen molar-refractivity contribution in [3.8, 4) is 0 Å². The summed E-state index contributed by atoms with van der Waals surface area (Å²) in [6, 6.07) is 6.43. The summed E-state index contributed by atoms with van der Waals surface area (Å²) in [5.74, 6) is 0.0427. The zero-order valence-corrected chi connectivity index (χ0v) is 13.9. The molecule has 0 fully saturated rings. The fourth-order valence-corrected chi connectivity index (χ4v) is 3.29. The molecule has 0 bridgehead atoms. The molecule has 0 spiro atoms. The second kappa shape index (κ2) is 7.08. The van der Waals surface area contributed by atoms with Crippen LogP contribution in [0, 0.1) is 0 Å². The highest BCUT2D eigenvalue weighted by Gasteiger charge is 2.30. The Morgan fingerprint density at radius 3 is 2.68 bits per heavy atom. The molecular formula is C13H19ClN4O3S. The number of nitrogens with two attached hydrogens (primary N) is 1. The van der Waals surface area contributed by atoms with Gasteiger partial charge >= 0.3 is 0 Å². The molecule has 122 valence electrons. The number of halogens is 1. The molecule has 1 atom stereocenters. The number of fused-ring (bicyclic) bond motifs is 1. The first-order valence-corrected chi connectivity index (χ1v) is 7.94. The standard InChI is InChI=1S/C13H18N4O3S.ClH/c1-9(7-14)15-12(18)8-17(2)13-10-5-3-4-6-11(10)21(19,20)16-13;/h3-6,9H,7-8,14H2,1-2H3,(H,15,18);1H/t9-;/m0./s1. The summed E-state index contributed by atoms with van der Waals surface area (Å²) in [6.07, 6.45) is 0. The summed E-state index contributed by atoms with van der Waals surface area (Å²) in [7, 11) is -2.04. The number of sulfonamides is 1. The van der Waals surface area contributed by atoms with Gasteiger partial charge in [0.1, 0.15) is 4.90 Å². The number of carbonyl (C=O) groups excluding carboxylic acids is 1. The van der Waals surface area contributed by atoms with E-state index in [-0.39, 0.29) is 41.6 Å². The van der Waals surface area contributed by atoms with Crippen molar-refractivity contribution in [2.75, 3.05) is 20.1 Å². The second-order valence-corrected chi connectivity index (χ2v) is 6.52. The molecule has 1 aromatic carbocycles. The highest BCUT2D eigenvalue weighted by Crippen LogP contribution is 2.26. The SMILES string of the molecule is C[C@@H](CN)NC(=O)CN(C)C1=NS(=O)(=O)c2ccccc21.Cl. The number of hydrogen-bond acceptors (Lipinski definition) is 5. The maximum atomic E-state index is 11.9. The van der Waals surface area contributed by atoms with E-state index in [9.17, 15) is 13.2 Å². The minimum Gasteiger partial charge on any atom is -0.351 e. The van der Waals surface area contributed by atoms with Crippen LogP contribution in [0.15, 0.2) is 33.6 Å². The summed E-state index contributed by atoms with van der Waals surface area (Å²) < 4.78 is 27.6. The average molecular weight is 347 g/mol. The van der Waals surface area contributed by atoms with E-state index in [2.05, 4.69) is 9.71 Å².